The number of ether oxygens (including phenoxy) is 1. The molecule has 0 amide bonds. The molecule has 0 aliphatic carbocycles. The van der Waals surface area contributed by atoms with Crippen LogP contribution in [0, 0.1) is 5.82 Å². The summed E-state index contributed by atoms with van der Waals surface area (Å²) in [5.74, 6) is 4.23. The van der Waals surface area contributed by atoms with Crippen molar-refractivity contribution < 1.29 is 13.9 Å². The monoisotopic (exact) mass is 278 g/mol. The number of methoxy groups -OCH3 is 1. The average Bonchev–Trinajstić information content (AvgIpc) is 2.31. The lowest BCUT2D eigenvalue weighted by atomic mass is 10.3. The van der Waals surface area contributed by atoms with Crippen molar-refractivity contribution in [1.82, 2.24) is 0 Å². The van der Waals surface area contributed by atoms with Crippen LogP contribution in [-0.2, 0) is 9.53 Å². The third-order valence-electron chi connectivity index (χ3n) is 2.01. The van der Waals surface area contributed by atoms with E-state index in [0.717, 1.165) is 6.07 Å². The first-order chi connectivity index (χ1) is 7.99. The highest BCUT2D eigenvalue weighted by Gasteiger charge is 2.17. The summed E-state index contributed by atoms with van der Waals surface area (Å²) in [7, 11) is 1.30. The van der Waals surface area contributed by atoms with Crippen LogP contribution in [0.1, 0.15) is 6.92 Å². The molecular weight excluding hydrogens is 267 g/mol. The van der Waals surface area contributed by atoms with Crippen molar-refractivity contribution >= 4 is 35.0 Å². The van der Waals surface area contributed by atoms with Gasteiger partial charge in [0.05, 0.1) is 17.8 Å². The van der Waals surface area contributed by atoms with Gasteiger partial charge in [-0.15, -0.1) is 11.8 Å². The summed E-state index contributed by atoms with van der Waals surface area (Å²) in [5, 5.41) is -0.212. The van der Waals surface area contributed by atoms with Gasteiger partial charge < -0.3 is 10.2 Å². The lowest BCUT2D eigenvalue weighted by Crippen LogP contribution is -2.15. The fourth-order valence-corrected chi connectivity index (χ4v) is 2.35. The van der Waals surface area contributed by atoms with E-state index in [9.17, 15) is 9.18 Å². The van der Waals surface area contributed by atoms with E-state index in [-0.39, 0.29) is 16.7 Å². The molecular formula is C10H12ClFN2O2S. The number of rotatable bonds is 4. The maximum absolute atomic E-state index is 13.3. The van der Waals surface area contributed by atoms with Gasteiger partial charge in [0, 0.05) is 4.90 Å². The summed E-state index contributed by atoms with van der Waals surface area (Å²) in [6.45, 7) is 1.67. The number of thioether (sulfide) groups is 1. The number of hydrogen-bond acceptors (Lipinski definition) is 5. The molecule has 0 aliphatic heterocycles. The fraction of sp³-hybridized carbons (Fsp3) is 0.300. The minimum Gasteiger partial charge on any atom is -0.468 e. The zero-order chi connectivity index (χ0) is 13.0. The van der Waals surface area contributed by atoms with Crippen LogP contribution >= 0.6 is 23.4 Å². The fourth-order valence-electron chi connectivity index (χ4n) is 1.13. The van der Waals surface area contributed by atoms with Gasteiger partial charge in [-0.3, -0.25) is 10.6 Å². The van der Waals surface area contributed by atoms with Crippen molar-refractivity contribution in [2.75, 3.05) is 12.5 Å². The summed E-state index contributed by atoms with van der Waals surface area (Å²) in [6.07, 6.45) is 0. The number of esters is 1. The minimum absolute atomic E-state index is 0.119. The van der Waals surface area contributed by atoms with Crippen molar-refractivity contribution in [2.45, 2.75) is 17.1 Å². The second kappa shape index (κ2) is 6.09. The van der Waals surface area contributed by atoms with Crippen LogP contribution in [0.5, 0.6) is 0 Å². The van der Waals surface area contributed by atoms with E-state index < -0.39 is 11.1 Å². The molecule has 7 heteroatoms. The van der Waals surface area contributed by atoms with E-state index in [1.165, 1.54) is 24.9 Å². The summed E-state index contributed by atoms with van der Waals surface area (Å²) < 4.78 is 17.9. The highest BCUT2D eigenvalue weighted by Crippen LogP contribution is 2.34. The van der Waals surface area contributed by atoms with Gasteiger partial charge >= 0.3 is 5.97 Å². The van der Waals surface area contributed by atoms with Gasteiger partial charge in [-0.05, 0) is 19.1 Å². The Hall–Kier alpha value is -0.980. The molecule has 0 radical (unpaired) electrons. The predicted molar refractivity (Wildman–Crippen MR) is 66.6 cm³/mol. The first-order valence-corrected chi connectivity index (χ1v) is 5.95. The Kier molecular flexibility index (Phi) is 5.04. The average molecular weight is 279 g/mol. The zero-order valence-electron chi connectivity index (χ0n) is 9.29. The predicted octanol–water partition coefficient (Wildman–Crippen LogP) is 2.42. The van der Waals surface area contributed by atoms with E-state index in [4.69, 9.17) is 17.4 Å². The SMILES string of the molecule is COC(=O)C(C)Sc1cc(NN)c(F)cc1Cl. The Bertz CT molecular complexity index is 431. The summed E-state index contributed by atoms with van der Waals surface area (Å²) in [5.41, 5.74) is 2.34. The minimum atomic E-state index is -0.549. The number of benzene rings is 1. The molecule has 94 valence electrons. The normalized spacial score (nSPS) is 12.1. The van der Waals surface area contributed by atoms with Crippen molar-refractivity contribution in [3.63, 3.8) is 0 Å². The Morgan fingerprint density at radius 3 is 2.82 bits per heavy atom. The number of anilines is 1. The molecule has 0 saturated carbocycles. The van der Waals surface area contributed by atoms with E-state index in [2.05, 4.69) is 10.2 Å². The summed E-state index contributed by atoms with van der Waals surface area (Å²) in [4.78, 5) is 11.8. The van der Waals surface area contributed by atoms with Crippen LogP contribution in [0.2, 0.25) is 5.02 Å². The smallest absolute Gasteiger partial charge is 0.318 e. The highest BCUT2D eigenvalue weighted by molar-refractivity contribution is 8.00. The lowest BCUT2D eigenvalue weighted by molar-refractivity contribution is -0.139. The van der Waals surface area contributed by atoms with Gasteiger partial charge in [0.15, 0.2) is 0 Å². The number of carbonyl (C=O) groups is 1. The Morgan fingerprint density at radius 2 is 2.29 bits per heavy atom. The first kappa shape index (κ1) is 14.1. The summed E-state index contributed by atoms with van der Waals surface area (Å²) >= 11 is 7.04. The van der Waals surface area contributed by atoms with Crippen molar-refractivity contribution in [2.24, 2.45) is 5.84 Å². The van der Waals surface area contributed by atoms with E-state index in [1.54, 1.807) is 6.92 Å². The molecule has 0 bridgehead atoms. The third-order valence-corrected chi connectivity index (χ3v) is 3.58. The van der Waals surface area contributed by atoms with Crippen LogP contribution in [0.4, 0.5) is 10.1 Å². The van der Waals surface area contributed by atoms with Gasteiger partial charge in [-0.2, -0.15) is 0 Å². The number of carbonyl (C=O) groups excluding carboxylic acids is 1. The third kappa shape index (κ3) is 3.49. The van der Waals surface area contributed by atoms with Gasteiger partial charge in [0.25, 0.3) is 0 Å². The van der Waals surface area contributed by atoms with E-state index in [0.29, 0.717) is 4.90 Å². The second-order valence-electron chi connectivity index (χ2n) is 3.19. The highest BCUT2D eigenvalue weighted by atomic mass is 35.5. The maximum Gasteiger partial charge on any atom is 0.318 e. The second-order valence-corrected chi connectivity index (χ2v) is 4.98. The van der Waals surface area contributed by atoms with Crippen LogP contribution in [0.15, 0.2) is 17.0 Å². The van der Waals surface area contributed by atoms with Crippen molar-refractivity contribution in [3.8, 4) is 0 Å². The van der Waals surface area contributed by atoms with Crippen LogP contribution < -0.4 is 11.3 Å². The van der Waals surface area contributed by atoms with E-state index >= 15 is 0 Å². The number of nitrogen functional groups attached to an aromatic ring is 1. The van der Waals surface area contributed by atoms with Gasteiger partial charge in [0.2, 0.25) is 0 Å². The molecule has 1 rings (SSSR count). The molecule has 17 heavy (non-hydrogen) atoms. The van der Waals surface area contributed by atoms with E-state index in [1.807, 2.05) is 0 Å². The summed E-state index contributed by atoms with van der Waals surface area (Å²) in [6, 6.07) is 2.59. The Labute approximate surface area is 108 Å². The molecule has 1 unspecified atom stereocenters. The van der Waals surface area contributed by atoms with Crippen molar-refractivity contribution in [1.29, 1.82) is 0 Å². The number of hydrazine groups is 1. The van der Waals surface area contributed by atoms with Crippen molar-refractivity contribution in [3.05, 3.63) is 23.0 Å². The standard InChI is InChI=1S/C10H12ClFN2O2S/c1-5(10(15)16-2)17-9-4-8(14-13)7(12)3-6(9)11/h3-5,14H,13H2,1-2H3. The van der Waals surface area contributed by atoms with Gasteiger partial charge in [0.1, 0.15) is 11.1 Å². The number of halogens is 2. The molecule has 4 nitrogen and oxygen atoms in total. The number of nitrogens with two attached hydrogens (primary N) is 1. The largest absolute Gasteiger partial charge is 0.468 e. The van der Waals surface area contributed by atoms with Gasteiger partial charge in [-0.25, -0.2) is 4.39 Å². The van der Waals surface area contributed by atoms with Crippen LogP contribution in [-0.4, -0.2) is 18.3 Å². The molecule has 1 atom stereocenters. The Morgan fingerprint density at radius 1 is 1.65 bits per heavy atom. The molecule has 1 aromatic carbocycles. The molecule has 3 N–H and O–H groups in total. The molecule has 0 spiro atoms. The molecule has 0 heterocycles. The molecule has 0 aliphatic rings. The number of nitrogens with one attached hydrogen (secondary N) is 1. The quantitative estimate of drug-likeness (QED) is 0.383. The van der Waals surface area contributed by atoms with Crippen LogP contribution in [0.3, 0.4) is 0 Å². The van der Waals surface area contributed by atoms with Gasteiger partial charge in [-0.1, -0.05) is 11.6 Å². The molecule has 0 aromatic heterocycles. The molecule has 0 saturated heterocycles. The topological polar surface area (TPSA) is 64.3 Å². The lowest BCUT2D eigenvalue weighted by Gasteiger charge is -2.12. The number of hydrogen-bond donors (Lipinski definition) is 2. The first-order valence-electron chi connectivity index (χ1n) is 4.69. The molecule has 0 fully saturated rings. The maximum atomic E-state index is 13.3. The zero-order valence-corrected chi connectivity index (χ0v) is 10.9. The molecule has 1 aromatic rings. The Balaban J connectivity index is 2.94. The van der Waals surface area contributed by atoms with Crippen LogP contribution in [0.25, 0.3) is 0 Å².